The maximum atomic E-state index is 5.90. The number of rotatable bonds is 6. The van der Waals surface area contributed by atoms with Crippen molar-refractivity contribution in [3.05, 3.63) is 72.3 Å². The molecule has 1 N–H and O–H groups in total. The second-order valence-electron chi connectivity index (χ2n) is 8.31. The van der Waals surface area contributed by atoms with Crippen LogP contribution in [0.4, 0.5) is 5.69 Å². The van der Waals surface area contributed by atoms with Crippen LogP contribution in [0, 0.1) is 0 Å². The van der Waals surface area contributed by atoms with Gasteiger partial charge in [-0.2, -0.15) is 0 Å². The quantitative estimate of drug-likeness (QED) is 0.524. The molecule has 0 radical (unpaired) electrons. The molecule has 1 aromatic carbocycles. The van der Waals surface area contributed by atoms with Crippen molar-refractivity contribution in [2.75, 3.05) is 19.1 Å². The van der Waals surface area contributed by atoms with Gasteiger partial charge in [-0.25, -0.2) is 0 Å². The molecular weight excluding hydrogens is 420 g/mol. The summed E-state index contributed by atoms with van der Waals surface area (Å²) in [6.45, 7) is 0. The summed E-state index contributed by atoms with van der Waals surface area (Å²) in [4.78, 5) is 6.84. The first-order valence-electron chi connectivity index (χ1n) is 11.1. The van der Waals surface area contributed by atoms with E-state index in [1.807, 2.05) is 36.5 Å². The first-order chi connectivity index (χ1) is 15.7. The first kappa shape index (κ1) is 20.8. The number of thiocarbonyl (C=S) groups is 1. The molecule has 5 rings (SSSR count). The normalized spacial score (nSPS) is 21.1. The Morgan fingerprint density at radius 2 is 1.88 bits per heavy atom. The zero-order chi connectivity index (χ0) is 22.1. The van der Waals surface area contributed by atoms with E-state index in [0.29, 0.717) is 11.2 Å². The van der Waals surface area contributed by atoms with Gasteiger partial charge < -0.3 is 24.3 Å². The molecule has 2 fully saturated rings. The van der Waals surface area contributed by atoms with E-state index in [1.54, 1.807) is 14.2 Å². The topological polar surface area (TPSA) is 51.6 Å². The number of hydrogen-bond acceptors (Lipinski definition) is 4. The van der Waals surface area contributed by atoms with E-state index in [0.717, 1.165) is 22.9 Å². The van der Waals surface area contributed by atoms with Gasteiger partial charge in [0.05, 0.1) is 31.6 Å². The van der Waals surface area contributed by atoms with E-state index in [9.17, 15) is 0 Å². The van der Waals surface area contributed by atoms with Crippen molar-refractivity contribution in [1.29, 1.82) is 0 Å². The minimum Gasteiger partial charge on any atom is -0.497 e. The summed E-state index contributed by atoms with van der Waals surface area (Å²) in [7, 11) is 3.36. The Balaban J connectivity index is 1.66. The Morgan fingerprint density at radius 3 is 2.59 bits per heavy atom. The molecule has 2 aliphatic rings. The maximum Gasteiger partial charge on any atom is 0.174 e. The average molecular weight is 449 g/mol. The third kappa shape index (κ3) is 3.60. The molecule has 0 bridgehead atoms. The van der Waals surface area contributed by atoms with Crippen molar-refractivity contribution in [3.8, 4) is 11.5 Å². The predicted octanol–water partition coefficient (Wildman–Crippen LogP) is 5.19. The van der Waals surface area contributed by atoms with Gasteiger partial charge in [0.1, 0.15) is 17.5 Å². The molecule has 1 saturated carbocycles. The van der Waals surface area contributed by atoms with Crippen molar-refractivity contribution in [2.45, 2.75) is 43.8 Å². The van der Waals surface area contributed by atoms with Crippen LogP contribution in [0.3, 0.4) is 0 Å². The van der Waals surface area contributed by atoms with E-state index in [4.69, 9.17) is 21.7 Å². The average Bonchev–Trinajstić information content (AvgIpc) is 3.58. The monoisotopic (exact) mass is 448 g/mol. The summed E-state index contributed by atoms with van der Waals surface area (Å²) in [6, 6.07) is 16.6. The summed E-state index contributed by atoms with van der Waals surface area (Å²) in [5, 5.41) is 4.20. The van der Waals surface area contributed by atoms with Gasteiger partial charge in [-0.05, 0) is 61.5 Å². The van der Waals surface area contributed by atoms with Crippen molar-refractivity contribution in [2.24, 2.45) is 0 Å². The van der Waals surface area contributed by atoms with Gasteiger partial charge in [0.2, 0.25) is 0 Å². The van der Waals surface area contributed by atoms with E-state index in [-0.39, 0.29) is 12.1 Å². The molecular formula is C25H28N4O2S. The molecule has 6 nitrogen and oxygen atoms in total. The fraction of sp³-hybridized carbons (Fsp3) is 0.360. The lowest BCUT2D eigenvalue weighted by molar-refractivity contribution is 0.402. The van der Waals surface area contributed by atoms with E-state index < -0.39 is 0 Å². The Hall–Kier alpha value is -3.06. The van der Waals surface area contributed by atoms with Gasteiger partial charge in [-0.1, -0.05) is 18.9 Å². The van der Waals surface area contributed by atoms with Crippen molar-refractivity contribution in [1.82, 2.24) is 14.9 Å². The highest BCUT2D eigenvalue weighted by Gasteiger charge is 2.43. The predicted molar refractivity (Wildman–Crippen MR) is 129 cm³/mol. The molecule has 0 spiro atoms. The largest absolute Gasteiger partial charge is 0.497 e. The fourth-order valence-corrected chi connectivity index (χ4v) is 5.41. The van der Waals surface area contributed by atoms with Gasteiger partial charge in [-0.15, -0.1) is 0 Å². The minimum atomic E-state index is -0.0883. The summed E-state index contributed by atoms with van der Waals surface area (Å²) in [5.41, 5.74) is 3.07. The molecule has 1 aliphatic carbocycles. The summed E-state index contributed by atoms with van der Waals surface area (Å²) in [6.07, 6.45) is 9.03. The second kappa shape index (κ2) is 8.82. The third-order valence-corrected chi connectivity index (χ3v) is 6.89. The Labute approximate surface area is 194 Å². The highest BCUT2D eigenvalue weighted by molar-refractivity contribution is 7.80. The van der Waals surface area contributed by atoms with Gasteiger partial charge in [-0.3, -0.25) is 4.98 Å². The summed E-state index contributed by atoms with van der Waals surface area (Å²) < 4.78 is 13.7. The number of nitrogens with one attached hydrogen (secondary N) is 1. The molecule has 3 aromatic rings. The number of pyridine rings is 1. The van der Waals surface area contributed by atoms with Gasteiger partial charge in [0.25, 0.3) is 0 Å². The SMILES string of the molecule is COc1ccc(OC)c(N2C(=S)N[C@@H](c3ccccn3)[C@H]2c2cccn2C2CCCC2)c1. The van der Waals surface area contributed by atoms with E-state index in [2.05, 4.69) is 44.2 Å². The number of nitrogens with zero attached hydrogens (tertiary/aromatic N) is 3. The summed E-state index contributed by atoms with van der Waals surface area (Å²) >= 11 is 5.90. The van der Waals surface area contributed by atoms with Crippen LogP contribution in [-0.2, 0) is 0 Å². The van der Waals surface area contributed by atoms with E-state index >= 15 is 0 Å². The molecule has 0 unspecified atom stereocenters. The zero-order valence-electron chi connectivity index (χ0n) is 18.4. The number of aromatic nitrogens is 2. The van der Waals surface area contributed by atoms with Crippen molar-refractivity contribution in [3.63, 3.8) is 0 Å². The molecule has 3 heterocycles. The molecule has 7 heteroatoms. The molecule has 1 saturated heterocycles. The van der Waals surface area contributed by atoms with Crippen LogP contribution in [0.5, 0.6) is 11.5 Å². The van der Waals surface area contributed by atoms with Crippen molar-refractivity contribution < 1.29 is 9.47 Å². The molecule has 2 atom stereocenters. The maximum absolute atomic E-state index is 5.90. The molecule has 2 aromatic heterocycles. The lowest BCUT2D eigenvalue weighted by Crippen LogP contribution is -2.31. The van der Waals surface area contributed by atoms with Crippen LogP contribution in [0.15, 0.2) is 60.9 Å². The molecule has 0 amide bonds. The van der Waals surface area contributed by atoms with Crippen LogP contribution >= 0.6 is 12.2 Å². The smallest absolute Gasteiger partial charge is 0.174 e. The van der Waals surface area contributed by atoms with Crippen molar-refractivity contribution >= 4 is 23.0 Å². The Kier molecular flexibility index (Phi) is 5.74. The van der Waals surface area contributed by atoms with Gasteiger partial charge in [0, 0.05) is 30.2 Å². The standard InChI is InChI=1S/C25H28N4O2S/c1-30-18-12-13-22(31-2)21(16-18)29-24(20-11-7-15-28(20)17-8-3-4-9-17)23(27-25(29)32)19-10-5-6-14-26-19/h5-7,10-17,23-24H,3-4,8-9H2,1-2H3,(H,27,32)/t23-,24+/m0/s1. The zero-order valence-corrected chi connectivity index (χ0v) is 19.2. The van der Waals surface area contributed by atoms with Crippen LogP contribution in [0.1, 0.15) is 55.2 Å². The van der Waals surface area contributed by atoms with Gasteiger partial charge >= 0.3 is 0 Å². The van der Waals surface area contributed by atoms with E-state index in [1.165, 1.54) is 31.4 Å². The number of hydrogen-bond donors (Lipinski definition) is 1. The number of benzene rings is 1. The summed E-state index contributed by atoms with van der Waals surface area (Å²) in [5.74, 6) is 1.51. The van der Waals surface area contributed by atoms with Crippen LogP contribution in [0.25, 0.3) is 0 Å². The number of methoxy groups -OCH3 is 2. The highest BCUT2D eigenvalue weighted by atomic mass is 32.1. The molecule has 32 heavy (non-hydrogen) atoms. The minimum absolute atomic E-state index is 0.0750. The molecule has 166 valence electrons. The first-order valence-corrected chi connectivity index (χ1v) is 11.5. The second-order valence-corrected chi connectivity index (χ2v) is 8.70. The Morgan fingerprint density at radius 1 is 1.03 bits per heavy atom. The molecule has 1 aliphatic heterocycles. The fourth-order valence-electron chi connectivity index (χ4n) is 5.07. The van der Waals surface area contributed by atoms with Crippen LogP contribution in [0.2, 0.25) is 0 Å². The Bertz CT molecular complexity index is 1090. The van der Waals surface area contributed by atoms with Crippen LogP contribution in [-0.4, -0.2) is 28.9 Å². The lowest BCUT2D eigenvalue weighted by Gasteiger charge is -2.31. The van der Waals surface area contributed by atoms with Gasteiger partial charge in [0.15, 0.2) is 5.11 Å². The highest BCUT2D eigenvalue weighted by Crippen LogP contribution is 2.46. The van der Waals surface area contributed by atoms with Crippen LogP contribution < -0.4 is 19.7 Å². The third-order valence-electron chi connectivity index (χ3n) is 6.58. The number of ether oxygens (including phenoxy) is 2. The lowest BCUT2D eigenvalue weighted by atomic mass is 10.00. The number of anilines is 1.